The highest BCUT2D eigenvalue weighted by Gasteiger charge is 2.12. The minimum absolute atomic E-state index is 0.155. The number of hydrogen-bond donors (Lipinski definition) is 2. The summed E-state index contributed by atoms with van der Waals surface area (Å²) in [6.07, 6.45) is 2.15. The summed E-state index contributed by atoms with van der Waals surface area (Å²) in [5, 5.41) is 3.46. The van der Waals surface area contributed by atoms with E-state index < -0.39 is 0 Å². The molecule has 1 aromatic carbocycles. The van der Waals surface area contributed by atoms with Crippen molar-refractivity contribution < 1.29 is 13.9 Å². The zero-order valence-corrected chi connectivity index (χ0v) is 18.4. The summed E-state index contributed by atoms with van der Waals surface area (Å²) in [7, 11) is 0. The van der Waals surface area contributed by atoms with E-state index in [4.69, 9.17) is 4.74 Å². The van der Waals surface area contributed by atoms with E-state index in [9.17, 15) is 14.0 Å². The number of pyridine rings is 1. The second-order valence-electron chi connectivity index (χ2n) is 7.31. The molecule has 4 aromatic rings. The molecule has 0 aliphatic carbocycles. The number of nitrogens with one attached hydrogen (secondary N) is 2. The first kappa shape index (κ1) is 21.6. The molecule has 0 radical (unpaired) electrons. The number of fused-ring (bicyclic) bond motifs is 1. The fraction of sp³-hybridized carbons (Fsp3) is 0.217. The number of rotatable bonds is 7. The molecule has 7 nitrogen and oxygen atoms in total. The van der Waals surface area contributed by atoms with Gasteiger partial charge in [0, 0.05) is 36.5 Å². The van der Waals surface area contributed by atoms with Gasteiger partial charge in [0.05, 0.1) is 5.39 Å². The maximum Gasteiger partial charge on any atom is 0.259 e. The highest BCUT2D eigenvalue weighted by Crippen LogP contribution is 2.25. The van der Waals surface area contributed by atoms with Gasteiger partial charge in [-0.05, 0) is 49.2 Å². The van der Waals surface area contributed by atoms with Crippen molar-refractivity contribution in [2.45, 2.75) is 33.2 Å². The van der Waals surface area contributed by atoms with Crippen LogP contribution in [0.15, 0.2) is 47.4 Å². The summed E-state index contributed by atoms with van der Waals surface area (Å²) < 4.78 is 18.5. The third-order valence-corrected chi connectivity index (χ3v) is 6.10. The van der Waals surface area contributed by atoms with Crippen LogP contribution >= 0.6 is 11.3 Å². The maximum atomic E-state index is 13.0. The van der Waals surface area contributed by atoms with Gasteiger partial charge in [-0.25, -0.2) is 14.4 Å². The predicted molar refractivity (Wildman–Crippen MR) is 121 cm³/mol. The van der Waals surface area contributed by atoms with Crippen LogP contribution < -0.4 is 15.6 Å². The van der Waals surface area contributed by atoms with Crippen LogP contribution in [0.2, 0.25) is 0 Å². The Labute approximate surface area is 187 Å². The van der Waals surface area contributed by atoms with Crippen LogP contribution in [0.5, 0.6) is 11.6 Å². The maximum absolute atomic E-state index is 13.0. The summed E-state index contributed by atoms with van der Waals surface area (Å²) in [5.41, 5.74) is 1.59. The zero-order chi connectivity index (χ0) is 22.7. The summed E-state index contributed by atoms with van der Waals surface area (Å²) >= 11 is 1.49. The molecule has 0 bridgehead atoms. The van der Waals surface area contributed by atoms with Gasteiger partial charge in [-0.3, -0.25) is 9.59 Å². The van der Waals surface area contributed by atoms with Gasteiger partial charge in [-0.2, -0.15) is 0 Å². The molecule has 3 aromatic heterocycles. The molecular formula is C23H21FN4O3S. The highest BCUT2D eigenvalue weighted by atomic mass is 32.1. The van der Waals surface area contributed by atoms with Gasteiger partial charge in [-0.15, -0.1) is 11.3 Å². The number of carbonyl (C=O) groups excluding carboxylic acids is 1. The van der Waals surface area contributed by atoms with Crippen molar-refractivity contribution in [3.05, 3.63) is 80.6 Å². The van der Waals surface area contributed by atoms with Crippen molar-refractivity contribution in [3.8, 4) is 11.6 Å². The molecule has 0 spiro atoms. The Morgan fingerprint density at radius 1 is 1.19 bits per heavy atom. The lowest BCUT2D eigenvalue weighted by atomic mass is 10.2. The van der Waals surface area contributed by atoms with Crippen LogP contribution in [0.1, 0.15) is 28.2 Å². The van der Waals surface area contributed by atoms with Crippen LogP contribution in [0, 0.1) is 19.7 Å². The number of carbonyl (C=O) groups is 1. The number of nitrogens with zero attached hydrogens (tertiary/aromatic N) is 2. The largest absolute Gasteiger partial charge is 0.439 e. The fourth-order valence-corrected chi connectivity index (χ4v) is 4.19. The lowest BCUT2D eigenvalue weighted by Crippen LogP contribution is -2.23. The number of halogens is 1. The Bertz CT molecular complexity index is 1310. The van der Waals surface area contributed by atoms with Crippen LogP contribution in [0.3, 0.4) is 0 Å². The van der Waals surface area contributed by atoms with E-state index in [1.54, 1.807) is 18.3 Å². The summed E-state index contributed by atoms with van der Waals surface area (Å²) in [4.78, 5) is 37.8. The Hall–Kier alpha value is -3.59. The fourth-order valence-electron chi connectivity index (χ4n) is 3.14. The number of amides is 1. The Morgan fingerprint density at radius 3 is 2.69 bits per heavy atom. The van der Waals surface area contributed by atoms with Crippen LogP contribution in [0.4, 0.5) is 4.39 Å². The first-order valence-corrected chi connectivity index (χ1v) is 10.8. The molecule has 3 heterocycles. The molecule has 32 heavy (non-hydrogen) atoms. The van der Waals surface area contributed by atoms with E-state index in [0.717, 1.165) is 16.0 Å². The number of benzene rings is 1. The molecule has 0 atom stereocenters. The quantitative estimate of drug-likeness (QED) is 0.439. The number of aryl methyl sites for hydroxylation is 3. The van der Waals surface area contributed by atoms with E-state index in [0.29, 0.717) is 40.6 Å². The van der Waals surface area contributed by atoms with Gasteiger partial charge in [0.1, 0.15) is 22.2 Å². The van der Waals surface area contributed by atoms with Gasteiger partial charge in [0.15, 0.2) is 0 Å². The Kier molecular flexibility index (Phi) is 6.27. The smallest absolute Gasteiger partial charge is 0.259 e. The van der Waals surface area contributed by atoms with Gasteiger partial charge >= 0.3 is 0 Å². The van der Waals surface area contributed by atoms with Gasteiger partial charge in [0.25, 0.3) is 5.56 Å². The van der Waals surface area contributed by atoms with Crippen LogP contribution in [0.25, 0.3) is 10.2 Å². The Morgan fingerprint density at radius 2 is 1.97 bits per heavy atom. The monoisotopic (exact) mass is 452 g/mol. The van der Waals surface area contributed by atoms with Crippen molar-refractivity contribution >= 4 is 27.5 Å². The molecule has 164 valence electrons. The average molecular weight is 453 g/mol. The number of hydrogen-bond acceptors (Lipinski definition) is 6. The zero-order valence-electron chi connectivity index (χ0n) is 17.6. The van der Waals surface area contributed by atoms with Crippen molar-refractivity contribution in [3.63, 3.8) is 0 Å². The topological polar surface area (TPSA) is 97.0 Å². The number of aromatic amines is 1. The van der Waals surface area contributed by atoms with E-state index in [1.165, 1.54) is 35.6 Å². The van der Waals surface area contributed by atoms with Crippen molar-refractivity contribution in [2.24, 2.45) is 0 Å². The number of ether oxygens (including phenoxy) is 1. The average Bonchev–Trinajstić information content (AvgIpc) is 3.07. The molecule has 0 fully saturated rings. The third kappa shape index (κ3) is 5.00. The molecule has 1 amide bonds. The first-order chi connectivity index (χ1) is 15.4. The number of H-pyrrole nitrogens is 1. The van der Waals surface area contributed by atoms with Crippen molar-refractivity contribution in [1.29, 1.82) is 0 Å². The second kappa shape index (κ2) is 9.27. The van der Waals surface area contributed by atoms with Crippen LogP contribution in [-0.4, -0.2) is 20.9 Å². The van der Waals surface area contributed by atoms with E-state index >= 15 is 0 Å². The molecule has 2 N–H and O–H groups in total. The summed E-state index contributed by atoms with van der Waals surface area (Å²) in [5.74, 6) is 0.866. The number of thiophene rings is 1. The SMILES string of the molecule is Cc1sc2nc(CCC(=O)NCc3ccc(Oc4ccc(F)cc4)nc3)[nH]c(=O)c2c1C. The third-order valence-electron chi connectivity index (χ3n) is 5.00. The van der Waals surface area contributed by atoms with E-state index in [2.05, 4.69) is 20.3 Å². The van der Waals surface area contributed by atoms with Gasteiger partial charge in [-0.1, -0.05) is 6.07 Å². The minimum Gasteiger partial charge on any atom is -0.439 e. The molecule has 0 saturated carbocycles. The van der Waals surface area contributed by atoms with Gasteiger partial charge in [0.2, 0.25) is 11.8 Å². The lowest BCUT2D eigenvalue weighted by molar-refractivity contribution is -0.121. The molecule has 9 heteroatoms. The van der Waals surface area contributed by atoms with Gasteiger partial charge < -0.3 is 15.0 Å². The summed E-state index contributed by atoms with van der Waals surface area (Å²) in [6, 6.07) is 9.13. The standard InChI is InChI=1S/C23H21FN4O3S/c1-13-14(2)32-23-21(13)22(30)27-18(28-23)8-9-19(29)25-11-15-3-10-20(26-12-15)31-17-6-4-16(24)5-7-17/h3-7,10,12H,8-9,11H2,1-2H3,(H,25,29)(H,27,28,30). The molecule has 0 saturated heterocycles. The highest BCUT2D eigenvalue weighted by molar-refractivity contribution is 7.18. The molecular weight excluding hydrogens is 431 g/mol. The van der Waals surface area contributed by atoms with Crippen molar-refractivity contribution in [1.82, 2.24) is 20.3 Å². The van der Waals surface area contributed by atoms with E-state index in [1.807, 2.05) is 13.8 Å². The molecule has 4 rings (SSSR count). The minimum atomic E-state index is -0.337. The normalized spacial score (nSPS) is 11.0. The second-order valence-corrected chi connectivity index (χ2v) is 8.52. The lowest BCUT2D eigenvalue weighted by Gasteiger charge is -2.07. The summed E-state index contributed by atoms with van der Waals surface area (Å²) in [6.45, 7) is 4.19. The first-order valence-electron chi connectivity index (χ1n) is 10.0. The molecule has 0 aliphatic rings. The van der Waals surface area contributed by atoms with E-state index in [-0.39, 0.29) is 23.7 Å². The number of aromatic nitrogens is 3. The molecule has 0 aliphatic heterocycles. The Balaban J connectivity index is 1.29. The predicted octanol–water partition coefficient (Wildman–Crippen LogP) is 4.18. The van der Waals surface area contributed by atoms with Crippen molar-refractivity contribution in [2.75, 3.05) is 0 Å². The molecule has 0 unspecified atom stereocenters. The van der Waals surface area contributed by atoms with Crippen LogP contribution in [-0.2, 0) is 17.8 Å².